The van der Waals surface area contributed by atoms with E-state index in [9.17, 15) is 0 Å². The highest BCUT2D eigenvalue weighted by Gasteiger charge is 2.05. The Morgan fingerprint density at radius 1 is 1.36 bits per heavy atom. The maximum atomic E-state index is 4.05. The van der Waals surface area contributed by atoms with E-state index in [2.05, 4.69) is 29.6 Å². The molecular formula is C11H21ClN2. The van der Waals surface area contributed by atoms with E-state index in [4.69, 9.17) is 0 Å². The summed E-state index contributed by atoms with van der Waals surface area (Å²) in [6.07, 6.45) is 11.1. The molecule has 2 nitrogen and oxygen atoms in total. The van der Waals surface area contributed by atoms with Crippen LogP contribution in [0.3, 0.4) is 0 Å². The zero-order chi connectivity index (χ0) is 9.52. The third-order valence-corrected chi connectivity index (χ3v) is 2.57. The average molecular weight is 217 g/mol. The lowest BCUT2D eigenvalue weighted by Crippen LogP contribution is -2.08. The van der Waals surface area contributed by atoms with Gasteiger partial charge in [-0.05, 0) is 12.3 Å². The van der Waals surface area contributed by atoms with Crippen molar-refractivity contribution in [3.8, 4) is 0 Å². The van der Waals surface area contributed by atoms with Crippen LogP contribution < -0.4 is 0 Å². The van der Waals surface area contributed by atoms with Gasteiger partial charge in [0.2, 0.25) is 0 Å². The fraction of sp³-hybridized carbons (Fsp3) is 0.727. The van der Waals surface area contributed by atoms with Crippen molar-refractivity contribution < 1.29 is 0 Å². The molecule has 0 aromatic carbocycles. The molecule has 1 aromatic heterocycles. The molecule has 3 heteroatoms. The minimum atomic E-state index is 0. The molecule has 0 aliphatic carbocycles. The molecule has 0 aliphatic rings. The van der Waals surface area contributed by atoms with Gasteiger partial charge < -0.3 is 4.57 Å². The Morgan fingerprint density at radius 3 is 2.64 bits per heavy atom. The standard InChI is InChI=1S/C11H20N2.ClH/c1-3-5-6-11(4-2)9-13-8-7-12-10-13;/h7-8,10-11H,3-6,9H2,1-2H3;1H. The molecule has 1 atom stereocenters. The number of unbranched alkanes of at least 4 members (excludes halogenated alkanes) is 1. The van der Waals surface area contributed by atoms with Gasteiger partial charge in [0.25, 0.3) is 0 Å². The SMILES string of the molecule is CCCCC(CC)Cn1ccnc1.Cl. The molecule has 0 saturated carbocycles. The van der Waals surface area contributed by atoms with Crippen LogP contribution in [0.25, 0.3) is 0 Å². The van der Waals surface area contributed by atoms with Gasteiger partial charge in [-0.1, -0.05) is 33.1 Å². The number of aromatic nitrogens is 2. The number of rotatable bonds is 6. The van der Waals surface area contributed by atoms with Crippen LogP contribution in [0, 0.1) is 5.92 Å². The third-order valence-electron chi connectivity index (χ3n) is 2.57. The first-order valence-corrected chi connectivity index (χ1v) is 5.32. The van der Waals surface area contributed by atoms with Crippen LogP contribution in [0.2, 0.25) is 0 Å². The lowest BCUT2D eigenvalue weighted by Gasteiger charge is -2.14. The number of hydrogen-bond donors (Lipinski definition) is 0. The van der Waals surface area contributed by atoms with E-state index < -0.39 is 0 Å². The molecule has 0 aliphatic heterocycles. The molecule has 0 fully saturated rings. The molecule has 1 rings (SSSR count). The molecule has 0 radical (unpaired) electrons. The van der Waals surface area contributed by atoms with E-state index in [1.807, 2.05) is 12.5 Å². The first-order chi connectivity index (χ1) is 6.36. The van der Waals surface area contributed by atoms with E-state index in [1.54, 1.807) is 0 Å². The summed E-state index contributed by atoms with van der Waals surface area (Å²) in [4.78, 5) is 4.05. The highest BCUT2D eigenvalue weighted by molar-refractivity contribution is 5.85. The third kappa shape index (κ3) is 4.66. The molecule has 0 saturated heterocycles. The van der Waals surface area contributed by atoms with Crippen LogP contribution in [0.5, 0.6) is 0 Å². The van der Waals surface area contributed by atoms with Crippen LogP contribution in [0.4, 0.5) is 0 Å². The zero-order valence-electron chi connectivity index (χ0n) is 9.15. The molecule has 0 amide bonds. The summed E-state index contributed by atoms with van der Waals surface area (Å²) < 4.78 is 2.18. The molecule has 0 N–H and O–H groups in total. The second-order valence-electron chi connectivity index (χ2n) is 3.68. The van der Waals surface area contributed by atoms with Crippen molar-refractivity contribution in [2.45, 2.75) is 46.1 Å². The minimum Gasteiger partial charge on any atom is -0.337 e. The minimum absolute atomic E-state index is 0. The fourth-order valence-corrected chi connectivity index (χ4v) is 1.61. The predicted octanol–water partition coefficient (Wildman–Crippen LogP) is 3.52. The van der Waals surface area contributed by atoms with Crippen molar-refractivity contribution in [3.63, 3.8) is 0 Å². The molecule has 1 aromatic rings. The van der Waals surface area contributed by atoms with Gasteiger partial charge in [0.15, 0.2) is 0 Å². The summed E-state index contributed by atoms with van der Waals surface area (Å²) in [6, 6.07) is 0. The number of nitrogens with zero attached hydrogens (tertiary/aromatic N) is 2. The molecular weight excluding hydrogens is 196 g/mol. The monoisotopic (exact) mass is 216 g/mol. The molecule has 14 heavy (non-hydrogen) atoms. The summed E-state index contributed by atoms with van der Waals surface area (Å²) >= 11 is 0. The van der Waals surface area contributed by atoms with Gasteiger partial charge in [-0.3, -0.25) is 0 Å². The number of halogens is 1. The summed E-state index contributed by atoms with van der Waals surface area (Å²) in [5.74, 6) is 0.828. The van der Waals surface area contributed by atoms with Crippen LogP contribution in [0.15, 0.2) is 18.7 Å². The van der Waals surface area contributed by atoms with Crippen LogP contribution in [0.1, 0.15) is 39.5 Å². The van der Waals surface area contributed by atoms with Crippen molar-refractivity contribution in [1.82, 2.24) is 9.55 Å². The van der Waals surface area contributed by atoms with E-state index in [-0.39, 0.29) is 12.4 Å². The Hall–Kier alpha value is -0.500. The fourth-order valence-electron chi connectivity index (χ4n) is 1.61. The quantitative estimate of drug-likeness (QED) is 0.712. The Balaban J connectivity index is 0.00000169. The summed E-state index contributed by atoms with van der Waals surface area (Å²) in [7, 11) is 0. The van der Waals surface area contributed by atoms with E-state index in [1.165, 1.54) is 25.7 Å². The van der Waals surface area contributed by atoms with Crippen molar-refractivity contribution in [1.29, 1.82) is 0 Å². The molecule has 1 heterocycles. The Labute approximate surface area is 93.1 Å². The van der Waals surface area contributed by atoms with E-state index in [0.29, 0.717) is 0 Å². The Kier molecular flexibility index (Phi) is 7.58. The van der Waals surface area contributed by atoms with Crippen molar-refractivity contribution in [3.05, 3.63) is 18.7 Å². The van der Waals surface area contributed by atoms with E-state index >= 15 is 0 Å². The normalized spacial score (nSPS) is 12.1. The first-order valence-electron chi connectivity index (χ1n) is 5.32. The second kappa shape index (κ2) is 7.86. The molecule has 82 valence electrons. The number of hydrogen-bond acceptors (Lipinski definition) is 1. The zero-order valence-corrected chi connectivity index (χ0v) is 9.96. The van der Waals surface area contributed by atoms with Crippen molar-refractivity contribution >= 4 is 12.4 Å². The van der Waals surface area contributed by atoms with Gasteiger partial charge in [-0.2, -0.15) is 0 Å². The highest BCUT2D eigenvalue weighted by atomic mass is 35.5. The average Bonchev–Trinajstić information content (AvgIpc) is 2.64. The summed E-state index contributed by atoms with van der Waals surface area (Å²) in [5.41, 5.74) is 0. The van der Waals surface area contributed by atoms with Crippen LogP contribution in [-0.2, 0) is 6.54 Å². The second-order valence-corrected chi connectivity index (χ2v) is 3.68. The van der Waals surface area contributed by atoms with Gasteiger partial charge in [-0.15, -0.1) is 12.4 Å². The Morgan fingerprint density at radius 2 is 2.14 bits per heavy atom. The van der Waals surface area contributed by atoms with Gasteiger partial charge in [0.1, 0.15) is 0 Å². The van der Waals surface area contributed by atoms with Crippen molar-refractivity contribution in [2.75, 3.05) is 0 Å². The molecule has 1 unspecified atom stereocenters. The first kappa shape index (κ1) is 13.5. The predicted molar refractivity (Wildman–Crippen MR) is 62.8 cm³/mol. The van der Waals surface area contributed by atoms with Crippen molar-refractivity contribution in [2.24, 2.45) is 5.92 Å². The Bertz CT molecular complexity index is 209. The smallest absolute Gasteiger partial charge is 0.0945 e. The molecule has 0 bridgehead atoms. The van der Waals surface area contributed by atoms with Crippen LogP contribution in [-0.4, -0.2) is 9.55 Å². The lowest BCUT2D eigenvalue weighted by atomic mass is 9.99. The summed E-state index contributed by atoms with van der Waals surface area (Å²) in [6.45, 7) is 5.66. The van der Waals surface area contributed by atoms with Gasteiger partial charge >= 0.3 is 0 Å². The largest absolute Gasteiger partial charge is 0.337 e. The molecule has 0 spiro atoms. The van der Waals surface area contributed by atoms with E-state index in [0.717, 1.165) is 12.5 Å². The van der Waals surface area contributed by atoms with Gasteiger partial charge in [0, 0.05) is 18.9 Å². The maximum Gasteiger partial charge on any atom is 0.0945 e. The maximum absolute atomic E-state index is 4.05. The lowest BCUT2D eigenvalue weighted by molar-refractivity contribution is 0.390. The number of imidazole rings is 1. The van der Waals surface area contributed by atoms with Gasteiger partial charge in [0.05, 0.1) is 6.33 Å². The van der Waals surface area contributed by atoms with Gasteiger partial charge in [-0.25, -0.2) is 4.98 Å². The van der Waals surface area contributed by atoms with Crippen LogP contribution >= 0.6 is 12.4 Å². The summed E-state index contributed by atoms with van der Waals surface area (Å²) in [5, 5.41) is 0. The highest BCUT2D eigenvalue weighted by Crippen LogP contribution is 2.14. The topological polar surface area (TPSA) is 17.8 Å².